The van der Waals surface area contributed by atoms with Crippen molar-refractivity contribution < 1.29 is 5.11 Å². The van der Waals surface area contributed by atoms with Gasteiger partial charge in [0.25, 0.3) is 0 Å². The first-order valence-electron chi connectivity index (χ1n) is 10.5. The second-order valence-corrected chi connectivity index (χ2v) is 8.10. The molecule has 0 unspecified atom stereocenters. The van der Waals surface area contributed by atoms with E-state index in [1.807, 2.05) is 0 Å². The molecule has 1 saturated carbocycles. The zero-order chi connectivity index (χ0) is 18.4. The van der Waals surface area contributed by atoms with E-state index in [-0.39, 0.29) is 0 Å². The van der Waals surface area contributed by atoms with Crippen LogP contribution in [-0.2, 0) is 12.8 Å². The van der Waals surface area contributed by atoms with Gasteiger partial charge in [-0.05, 0) is 78.2 Å². The molecule has 1 aliphatic carbocycles. The second-order valence-electron chi connectivity index (χ2n) is 8.10. The Morgan fingerprint density at radius 2 is 1.65 bits per heavy atom. The number of unbranched alkanes of at least 4 members (excludes halogenated alkanes) is 1. The smallest absolute Gasteiger partial charge is 0.0431 e. The summed E-state index contributed by atoms with van der Waals surface area (Å²) in [4.78, 5) is 0. The summed E-state index contributed by atoms with van der Waals surface area (Å²) >= 11 is 0. The third-order valence-electron chi connectivity index (χ3n) is 6.13. The highest BCUT2D eigenvalue weighted by Gasteiger charge is 2.19. The Morgan fingerprint density at radius 1 is 0.923 bits per heavy atom. The lowest BCUT2D eigenvalue weighted by atomic mass is 9.79. The average Bonchev–Trinajstić information content (AvgIpc) is 2.69. The van der Waals surface area contributed by atoms with E-state index in [0.29, 0.717) is 6.61 Å². The Kier molecular flexibility index (Phi) is 6.91. The number of hydrogen-bond donors (Lipinski definition) is 1. The quantitative estimate of drug-likeness (QED) is 0.563. The van der Waals surface area contributed by atoms with Gasteiger partial charge in [0.2, 0.25) is 0 Å². The van der Waals surface area contributed by atoms with Gasteiger partial charge in [0.05, 0.1) is 0 Å². The Hall–Kier alpha value is -1.60. The minimum Gasteiger partial charge on any atom is -0.396 e. The zero-order valence-electron chi connectivity index (χ0n) is 16.5. The largest absolute Gasteiger partial charge is 0.396 e. The minimum absolute atomic E-state index is 0.297. The van der Waals surface area contributed by atoms with E-state index < -0.39 is 0 Å². The van der Waals surface area contributed by atoms with Crippen LogP contribution in [0.2, 0.25) is 0 Å². The molecule has 1 aliphatic rings. The number of rotatable bonds is 7. The van der Waals surface area contributed by atoms with E-state index in [2.05, 4.69) is 56.3 Å². The maximum Gasteiger partial charge on any atom is 0.0431 e. The molecule has 0 radical (unpaired) electrons. The maximum atomic E-state index is 8.97. The van der Waals surface area contributed by atoms with E-state index in [4.69, 9.17) is 5.11 Å². The number of aliphatic hydroxyl groups is 1. The molecule has 0 atom stereocenters. The second kappa shape index (κ2) is 9.37. The van der Waals surface area contributed by atoms with E-state index >= 15 is 0 Å². The molecule has 2 aromatic carbocycles. The van der Waals surface area contributed by atoms with E-state index in [0.717, 1.165) is 37.5 Å². The number of benzene rings is 2. The maximum absolute atomic E-state index is 8.97. The van der Waals surface area contributed by atoms with Crippen LogP contribution in [0, 0.1) is 5.92 Å². The normalized spacial score (nSPS) is 20.3. The topological polar surface area (TPSA) is 20.2 Å². The first-order chi connectivity index (χ1) is 12.7. The van der Waals surface area contributed by atoms with E-state index in [1.54, 1.807) is 0 Å². The molecule has 0 saturated heterocycles. The van der Waals surface area contributed by atoms with Crippen molar-refractivity contribution in [3.05, 3.63) is 59.2 Å². The van der Waals surface area contributed by atoms with Crippen molar-refractivity contribution in [2.75, 3.05) is 6.61 Å². The van der Waals surface area contributed by atoms with Crippen LogP contribution in [0.4, 0.5) is 0 Å². The molecule has 1 fully saturated rings. The van der Waals surface area contributed by atoms with Crippen LogP contribution in [0.25, 0.3) is 11.1 Å². The predicted molar refractivity (Wildman–Crippen MR) is 112 cm³/mol. The fourth-order valence-electron chi connectivity index (χ4n) is 4.35. The first-order valence-corrected chi connectivity index (χ1v) is 10.5. The summed E-state index contributed by atoms with van der Waals surface area (Å²) in [6, 6.07) is 16.3. The standard InChI is InChI=1S/C25H34O/c1-3-21-18-20(6-4-5-17-26)9-16-25(21)24-14-12-23(13-15-24)22-10-7-19(2)8-11-22/h9,12-16,18-19,22,26H,3-8,10-11,17H2,1-2H3. The molecular weight excluding hydrogens is 316 g/mol. The van der Waals surface area contributed by atoms with E-state index in [9.17, 15) is 0 Å². The summed E-state index contributed by atoms with van der Waals surface area (Å²) in [5.74, 6) is 1.67. The van der Waals surface area contributed by atoms with Gasteiger partial charge in [-0.3, -0.25) is 0 Å². The van der Waals surface area contributed by atoms with Gasteiger partial charge in [0.1, 0.15) is 0 Å². The van der Waals surface area contributed by atoms with Crippen LogP contribution in [0.15, 0.2) is 42.5 Å². The molecular formula is C25H34O. The molecule has 3 rings (SSSR count). The third kappa shape index (κ3) is 4.76. The van der Waals surface area contributed by atoms with Crippen LogP contribution in [0.3, 0.4) is 0 Å². The lowest BCUT2D eigenvalue weighted by molar-refractivity contribution is 0.284. The summed E-state index contributed by atoms with van der Waals surface area (Å²) in [5.41, 5.74) is 7.08. The van der Waals surface area contributed by atoms with E-state index in [1.165, 1.54) is 53.5 Å². The summed E-state index contributed by atoms with van der Waals surface area (Å²) in [7, 11) is 0. The predicted octanol–water partition coefficient (Wildman–Crippen LogP) is 6.52. The van der Waals surface area contributed by atoms with Crippen molar-refractivity contribution in [3.8, 4) is 11.1 Å². The van der Waals surface area contributed by atoms with Gasteiger partial charge in [-0.1, -0.05) is 69.2 Å². The van der Waals surface area contributed by atoms with Crippen LogP contribution in [-0.4, -0.2) is 11.7 Å². The highest BCUT2D eigenvalue weighted by atomic mass is 16.2. The Labute approximate surface area is 159 Å². The average molecular weight is 351 g/mol. The fourth-order valence-corrected chi connectivity index (χ4v) is 4.35. The SMILES string of the molecule is CCc1cc(CCCCO)ccc1-c1ccc(C2CCC(C)CC2)cc1. The molecule has 1 heteroatoms. The monoisotopic (exact) mass is 350 g/mol. The summed E-state index contributed by atoms with van der Waals surface area (Å²) in [6.07, 6.45) is 9.54. The van der Waals surface area contributed by atoms with Gasteiger partial charge < -0.3 is 5.11 Å². The lowest BCUT2D eigenvalue weighted by Crippen LogP contribution is -2.10. The summed E-state index contributed by atoms with van der Waals surface area (Å²) in [5, 5.41) is 8.97. The molecule has 0 amide bonds. The zero-order valence-corrected chi connectivity index (χ0v) is 16.5. The van der Waals surface area contributed by atoms with Gasteiger partial charge >= 0.3 is 0 Å². The molecule has 0 spiro atoms. The number of aryl methyl sites for hydroxylation is 2. The minimum atomic E-state index is 0.297. The van der Waals surface area contributed by atoms with Crippen LogP contribution >= 0.6 is 0 Å². The van der Waals surface area contributed by atoms with Gasteiger partial charge in [0.15, 0.2) is 0 Å². The van der Waals surface area contributed by atoms with Gasteiger partial charge in [-0.25, -0.2) is 0 Å². The Bertz CT molecular complexity index is 678. The van der Waals surface area contributed by atoms with Crippen molar-refractivity contribution >= 4 is 0 Å². The van der Waals surface area contributed by atoms with Crippen molar-refractivity contribution in [2.45, 2.75) is 71.1 Å². The molecule has 1 N–H and O–H groups in total. The molecule has 0 aliphatic heterocycles. The molecule has 26 heavy (non-hydrogen) atoms. The van der Waals surface area contributed by atoms with Gasteiger partial charge in [0, 0.05) is 6.61 Å². The molecule has 0 aromatic heterocycles. The third-order valence-corrected chi connectivity index (χ3v) is 6.13. The lowest BCUT2D eigenvalue weighted by Gasteiger charge is -2.26. The van der Waals surface area contributed by atoms with Crippen molar-refractivity contribution in [1.29, 1.82) is 0 Å². The van der Waals surface area contributed by atoms with Gasteiger partial charge in [-0.15, -0.1) is 0 Å². The Balaban J connectivity index is 1.73. The van der Waals surface area contributed by atoms with Crippen LogP contribution in [0.1, 0.15) is 75.0 Å². The molecule has 0 heterocycles. The summed E-state index contributed by atoms with van der Waals surface area (Å²) < 4.78 is 0. The Morgan fingerprint density at radius 3 is 2.31 bits per heavy atom. The molecule has 140 valence electrons. The van der Waals surface area contributed by atoms with Crippen LogP contribution < -0.4 is 0 Å². The molecule has 0 bridgehead atoms. The highest BCUT2D eigenvalue weighted by molar-refractivity contribution is 5.68. The molecule has 2 aromatic rings. The number of aliphatic hydroxyl groups excluding tert-OH is 1. The highest BCUT2D eigenvalue weighted by Crippen LogP contribution is 2.36. The van der Waals surface area contributed by atoms with Crippen LogP contribution in [0.5, 0.6) is 0 Å². The van der Waals surface area contributed by atoms with Crippen molar-refractivity contribution in [2.24, 2.45) is 5.92 Å². The van der Waals surface area contributed by atoms with Crippen molar-refractivity contribution in [3.63, 3.8) is 0 Å². The van der Waals surface area contributed by atoms with Crippen molar-refractivity contribution in [1.82, 2.24) is 0 Å². The van der Waals surface area contributed by atoms with Gasteiger partial charge in [-0.2, -0.15) is 0 Å². The molecule has 1 nitrogen and oxygen atoms in total. The number of hydrogen-bond acceptors (Lipinski definition) is 1. The first kappa shape index (κ1) is 19.2. The summed E-state index contributed by atoms with van der Waals surface area (Å²) in [6.45, 7) is 4.93. The fraction of sp³-hybridized carbons (Fsp3) is 0.520.